The Labute approximate surface area is 155 Å². The first-order chi connectivity index (χ1) is 12.0. The predicted molar refractivity (Wildman–Crippen MR) is 103 cm³/mol. The molecular weight excluding hydrogens is 330 g/mol. The first-order valence-electron chi connectivity index (χ1n) is 9.63. The highest BCUT2D eigenvalue weighted by Crippen LogP contribution is 2.28. The molecule has 1 atom stereocenters. The van der Waals surface area contributed by atoms with Crippen molar-refractivity contribution in [3.63, 3.8) is 0 Å². The Kier molecular flexibility index (Phi) is 5.89. The van der Waals surface area contributed by atoms with E-state index >= 15 is 0 Å². The standard InChI is InChI=1S/C19H31N5S/c1-6-23(12-17-20-18(13(2)3)15(5)25-17)14(4)19-22-21-16-10-8-7-9-11-24(16)19/h13-14H,6-12H2,1-5H3. The third kappa shape index (κ3) is 3.95. The van der Waals surface area contributed by atoms with Gasteiger partial charge in [0.05, 0.1) is 18.3 Å². The van der Waals surface area contributed by atoms with Crippen LogP contribution in [-0.2, 0) is 19.5 Å². The average molecular weight is 362 g/mol. The van der Waals surface area contributed by atoms with Gasteiger partial charge in [0.15, 0.2) is 0 Å². The second-order valence-corrected chi connectivity index (χ2v) is 8.67. The van der Waals surface area contributed by atoms with Crippen molar-refractivity contribution in [2.75, 3.05) is 6.54 Å². The molecular formula is C19H31N5S. The molecule has 2 aromatic heterocycles. The molecule has 2 aromatic rings. The van der Waals surface area contributed by atoms with Gasteiger partial charge in [-0.3, -0.25) is 4.90 Å². The van der Waals surface area contributed by atoms with Gasteiger partial charge >= 0.3 is 0 Å². The zero-order chi connectivity index (χ0) is 18.0. The highest BCUT2D eigenvalue weighted by atomic mass is 32.1. The summed E-state index contributed by atoms with van der Waals surface area (Å²) in [6.45, 7) is 14.0. The van der Waals surface area contributed by atoms with Gasteiger partial charge in [0.1, 0.15) is 16.7 Å². The lowest BCUT2D eigenvalue weighted by molar-refractivity contribution is 0.200. The smallest absolute Gasteiger partial charge is 0.150 e. The SMILES string of the molecule is CCN(Cc1nc(C(C)C)c(C)s1)C(C)c1nnc2n1CCCCC2. The fraction of sp³-hybridized carbons (Fsp3) is 0.737. The molecule has 0 aliphatic carbocycles. The third-order valence-corrected chi connectivity index (χ3v) is 6.20. The summed E-state index contributed by atoms with van der Waals surface area (Å²) in [6, 6.07) is 0.260. The summed E-state index contributed by atoms with van der Waals surface area (Å²) < 4.78 is 2.37. The van der Waals surface area contributed by atoms with Crippen molar-refractivity contribution >= 4 is 11.3 Å². The van der Waals surface area contributed by atoms with E-state index in [1.807, 2.05) is 11.3 Å². The van der Waals surface area contributed by atoms with Crippen LogP contribution in [0.15, 0.2) is 0 Å². The van der Waals surface area contributed by atoms with Gasteiger partial charge in [0, 0.05) is 17.8 Å². The number of hydrogen-bond acceptors (Lipinski definition) is 5. The Morgan fingerprint density at radius 2 is 1.96 bits per heavy atom. The Balaban J connectivity index is 1.79. The molecule has 1 aliphatic rings. The first kappa shape index (κ1) is 18.5. The van der Waals surface area contributed by atoms with Gasteiger partial charge in [-0.1, -0.05) is 27.2 Å². The minimum absolute atomic E-state index is 0.260. The number of aryl methyl sites for hydroxylation is 2. The number of fused-ring (bicyclic) bond motifs is 1. The molecule has 0 fully saturated rings. The van der Waals surface area contributed by atoms with Crippen LogP contribution in [0.1, 0.15) is 86.1 Å². The van der Waals surface area contributed by atoms with E-state index in [1.165, 1.54) is 40.7 Å². The van der Waals surface area contributed by atoms with E-state index in [4.69, 9.17) is 4.98 Å². The quantitative estimate of drug-likeness (QED) is 0.761. The fourth-order valence-corrected chi connectivity index (χ4v) is 4.86. The Morgan fingerprint density at radius 3 is 2.64 bits per heavy atom. The molecule has 1 unspecified atom stereocenters. The second-order valence-electron chi connectivity index (χ2n) is 7.38. The van der Waals surface area contributed by atoms with Crippen molar-refractivity contribution in [2.45, 2.75) is 85.4 Å². The number of aromatic nitrogens is 4. The van der Waals surface area contributed by atoms with E-state index in [9.17, 15) is 0 Å². The second kappa shape index (κ2) is 7.96. The van der Waals surface area contributed by atoms with E-state index in [1.54, 1.807) is 0 Å². The van der Waals surface area contributed by atoms with E-state index in [-0.39, 0.29) is 6.04 Å². The zero-order valence-corrected chi connectivity index (χ0v) is 17.1. The van der Waals surface area contributed by atoms with Gasteiger partial charge in [0.25, 0.3) is 0 Å². The molecule has 1 aliphatic heterocycles. The van der Waals surface area contributed by atoms with Crippen molar-refractivity contribution in [2.24, 2.45) is 0 Å². The van der Waals surface area contributed by atoms with Crippen LogP contribution >= 0.6 is 11.3 Å². The van der Waals surface area contributed by atoms with Crippen LogP contribution in [0.25, 0.3) is 0 Å². The molecule has 5 nitrogen and oxygen atoms in total. The molecule has 0 aromatic carbocycles. The van der Waals surface area contributed by atoms with Crippen molar-refractivity contribution in [1.29, 1.82) is 0 Å². The molecule has 3 heterocycles. The van der Waals surface area contributed by atoms with Gasteiger partial charge in [-0.25, -0.2) is 4.98 Å². The van der Waals surface area contributed by atoms with Crippen molar-refractivity contribution in [3.8, 4) is 0 Å². The molecule has 138 valence electrons. The fourth-order valence-electron chi connectivity index (χ4n) is 3.74. The topological polar surface area (TPSA) is 46.8 Å². The normalized spacial score (nSPS) is 16.3. The molecule has 0 spiro atoms. The van der Waals surface area contributed by atoms with E-state index in [0.29, 0.717) is 5.92 Å². The zero-order valence-electron chi connectivity index (χ0n) is 16.2. The Morgan fingerprint density at radius 1 is 1.16 bits per heavy atom. The Hall–Kier alpha value is -1.27. The average Bonchev–Trinajstić information content (AvgIpc) is 3.07. The van der Waals surface area contributed by atoms with Crippen molar-refractivity contribution < 1.29 is 0 Å². The lowest BCUT2D eigenvalue weighted by atomic mass is 10.1. The van der Waals surface area contributed by atoms with Crippen LogP contribution in [0, 0.1) is 6.92 Å². The van der Waals surface area contributed by atoms with Crippen molar-refractivity contribution in [3.05, 3.63) is 27.2 Å². The highest BCUT2D eigenvalue weighted by molar-refractivity contribution is 7.11. The Bertz CT molecular complexity index is 703. The molecule has 3 rings (SSSR count). The van der Waals surface area contributed by atoms with Crippen LogP contribution < -0.4 is 0 Å². The summed E-state index contributed by atoms with van der Waals surface area (Å²) in [5.74, 6) is 2.78. The van der Waals surface area contributed by atoms with E-state index in [0.717, 1.165) is 31.9 Å². The summed E-state index contributed by atoms with van der Waals surface area (Å²) in [7, 11) is 0. The predicted octanol–water partition coefficient (Wildman–Crippen LogP) is 4.48. The molecule has 0 saturated heterocycles. The van der Waals surface area contributed by atoms with E-state index in [2.05, 4.69) is 54.3 Å². The molecule has 0 saturated carbocycles. The van der Waals surface area contributed by atoms with Crippen LogP contribution in [0.4, 0.5) is 0 Å². The van der Waals surface area contributed by atoms with Crippen molar-refractivity contribution in [1.82, 2.24) is 24.6 Å². The molecule has 0 bridgehead atoms. The largest absolute Gasteiger partial charge is 0.314 e. The summed E-state index contributed by atoms with van der Waals surface area (Å²) >= 11 is 1.84. The van der Waals surface area contributed by atoms with Crippen LogP contribution in [0.2, 0.25) is 0 Å². The molecule has 0 N–H and O–H groups in total. The summed E-state index contributed by atoms with van der Waals surface area (Å²) in [6.07, 6.45) is 4.83. The maximum absolute atomic E-state index is 4.90. The summed E-state index contributed by atoms with van der Waals surface area (Å²) in [5.41, 5.74) is 1.25. The highest BCUT2D eigenvalue weighted by Gasteiger charge is 2.24. The first-order valence-corrected chi connectivity index (χ1v) is 10.4. The lowest BCUT2D eigenvalue weighted by Gasteiger charge is -2.26. The lowest BCUT2D eigenvalue weighted by Crippen LogP contribution is -2.28. The van der Waals surface area contributed by atoms with Gasteiger partial charge in [0.2, 0.25) is 0 Å². The maximum Gasteiger partial charge on any atom is 0.150 e. The third-order valence-electron chi connectivity index (χ3n) is 5.23. The molecule has 25 heavy (non-hydrogen) atoms. The monoisotopic (exact) mass is 361 g/mol. The molecule has 0 radical (unpaired) electrons. The number of rotatable bonds is 6. The minimum Gasteiger partial charge on any atom is -0.314 e. The summed E-state index contributed by atoms with van der Waals surface area (Å²) in [5, 5.41) is 10.2. The summed E-state index contributed by atoms with van der Waals surface area (Å²) in [4.78, 5) is 8.71. The molecule has 0 amide bonds. The van der Waals surface area contributed by atoms with Crippen LogP contribution in [-0.4, -0.2) is 31.2 Å². The number of nitrogens with zero attached hydrogens (tertiary/aromatic N) is 5. The van der Waals surface area contributed by atoms with E-state index < -0.39 is 0 Å². The molecule has 6 heteroatoms. The maximum atomic E-state index is 4.90. The van der Waals surface area contributed by atoms with Gasteiger partial charge in [-0.15, -0.1) is 21.5 Å². The van der Waals surface area contributed by atoms with Crippen LogP contribution in [0.5, 0.6) is 0 Å². The van der Waals surface area contributed by atoms with Crippen LogP contribution in [0.3, 0.4) is 0 Å². The van der Waals surface area contributed by atoms with Gasteiger partial charge < -0.3 is 4.57 Å². The number of hydrogen-bond donors (Lipinski definition) is 0. The minimum atomic E-state index is 0.260. The van der Waals surface area contributed by atoms with Gasteiger partial charge in [-0.05, 0) is 39.2 Å². The number of thiazole rings is 1. The van der Waals surface area contributed by atoms with Gasteiger partial charge in [-0.2, -0.15) is 0 Å².